The molecule has 1 rings (SSSR count). The van der Waals surface area contributed by atoms with Crippen LogP contribution in [-0.4, -0.2) is 33.0 Å². The van der Waals surface area contributed by atoms with Gasteiger partial charge in [-0.2, -0.15) is 5.26 Å². The fourth-order valence-electron chi connectivity index (χ4n) is 1.58. The lowest BCUT2D eigenvalue weighted by molar-refractivity contribution is 0.321. The fourth-order valence-corrected chi connectivity index (χ4v) is 2.65. The number of benzene rings is 1. The number of sulfone groups is 1. The molecule has 0 atom stereocenters. The third kappa shape index (κ3) is 5.98. The van der Waals surface area contributed by atoms with E-state index in [4.69, 9.17) is 11.0 Å². The second kappa shape index (κ2) is 9.97. The Bertz CT molecular complexity index is 565. The van der Waals surface area contributed by atoms with Gasteiger partial charge in [0.05, 0.1) is 4.90 Å². The predicted octanol–water partition coefficient (Wildman–Crippen LogP) is 2.13. The van der Waals surface area contributed by atoms with E-state index < -0.39 is 14.7 Å². The van der Waals surface area contributed by atoms with Gasteiger partial charge in [0.15, 0.2) is 4.91 Å². The Morgan fingerprint density at radius 3 is 1.95 bits per heavy atom. The topological polar surface area (TPSA) is 87.2 Å². The molecule has 0 aliphatic carbocycles. The first kappa shape index (κ1) is 19.2. The summed E-state index contributed by atoms with van der Waals surface area (Å²) in [6.45, 7) is 10.1. The summed E-state index contributed by atoms with van der Waals surface area (Å²) in [5.74, 6) is 0. The lowest BCUT2D eigenvalue weighted by Gasteiger charge is -2.13. The number of hydrogen-bond acceptors (Lipinski definition) is 5. The highest BCUT2D eigenvalue weighted by Gasteiger charge is 2.19. The molecule has 0 amide bonds. The molecule has 6 heteroatoms. The van der Waals surface area contributed by atoms with Crippen LogP contribution < -0.4 is 5.73 Å². The third-order valence-electron chi connectivity index (χ3n) is 2.95. The van der Waals surface area contributed by atoms with Gasteiger partial charge < -0.3 is 10.6 Å². The summed E-state index contributed by atoms with van der Waals surface area (Å²) in [6, 6.07) is 9.22. The van der Waals surface area contributed by atoms with Gasteiger partial charge in [0.1, 0.15) is 6.07 Å². The number of allylic oxidation sites excluding steroid dienone is 1. The maximum atomic E-state index is 11.6. The maximum Gasteiger partial charge on any atom is 0.218 e. The first-order valence-corrected chi connectivity index (χ1v) is 8.30. The fraction of sp³-hybridized carbons (Fsp3) is 0.400. The van der Waals surface area contributed by atoms with Gasteiger partial charge in [0, 0.05) is 6.20 Å². The molecule has 0 spiro atoms. The molecule has 0 aliphatic rings. The second-order valence-corrected chi connectivity index (χ2v) is 6.00. The summed E-state index contributed by atoms with van der Waals surface area (Å²) in [5.41, 5.74) is 5.04. The van der Waals surface area contributed by atoms with Crippen LogP contribution in [0.2, 0.25) is 0 Å². The minimum Gasteiger partial charge on any atom is -0.403 e. The number of hydrogen-bond donors (Lipinski definition) is 1. The van der Waals surface area contributed by atoms with Crippen molar-refractivity contribution in [3.63, 3.8) is 0 Å². The third-order valence-corrected chi connectivity index (χ3v) is 4.65. The van der Waals surface area contributed by atoms with Gasteiger partial charge in [-0.3, -0.25) is 0 Å². The largest absolute Gasteiger partial charge is 0.403 e. The van der Waals surface area contributed by atoms with Crippen molar-refractivity contribution in [2.75, 3.05) is 19.6 Å². The Balaban J connectivity index is 0.000000486. The van der Waals surface area contributed by atoms with Gasteiger partial charge >= 0.3 is 0 Å². The summed E-state index contributed by atoms with van der Waals surface area (Å²) in [5, 5.41) is 8.55. The van der Waals surface area contributed by atoms with Gasteiger partial charge in [-0.1, -0.05) is 39.0 Å². The standard InChI is InChI=1S/C9H8N2O2S.C6H15N/c10-6-9(7-11)14(12,13)8-4-2-1-3-5-8;1-4-7(5-2)6-3/h1-6H,10H2;4-6H2,1-3H3. The van der Waals surface area contributed by atoms with Crippen molar-refractivity contribution in [2.45, 2.75) is 25.7 Å². The van der Waals surface area contributed by atoms with Crippen LogP contribution in [0.25, 0.3) is 0 Å². The van der Waals surface area contributed by atoms with Crippen LogP contribution in [0.1, 0.15) is 20.8 Å². The van der Waals surface area contributed by atoms with Gasteiger partial charge in [0.25, 0.3) is 0 Å². The van der Waals surface area contributed by atoms with E-state index >= 15 is 0 Å². The first-order valence-electron chi connectivity index (χ1n) is 6.82. The molecule has 0 bridgehead atoms. The SMILES string of the molecule is CCN(CC)CC.N#CC(=CN)S(=O)(=O)c1ccccc1. The molecule has 0 fully saturated rings. The molecule has 2 N–H and O–H groups in total. The number of nitrogens with two attached hydrogens (primary N) is 1. The minimum absolute atomic E-state index is 0.0678. The van der Waals surface area contributed by atoms with Gasteiger partial charge in [-0.25, -0.2) is 8.42 Å². The van der Waals surface area contributed by atoms with Crippen LogP contribution in [0, 0.1) is 11.3 Å². The molecule has 5 nitrogen and oxygen atoms in total. The average molecular weight is 309 g/mol. The minimum atomic E-state index is -3.73. The molecule has 1 aromatic rings. The normalized spacial score (nSPS) is 11.5. The number of rotatable bonds is 5. The highest BCUT2D eigenvalue weighted by atomic mass is 32.2. The van der Waals surface area contributed by atoms with Crippen LogP contribution in [-0.2, 0) is 9.84 Å². The summed E-state index contributed by atoms with van der Waals surface area (Å²) in [7, 11) is -3.73. The molecule has 21 heavy (non-hydrogen) atoms. The molecule has 1 aromatic carbocycles. The van der Waals surface area contributed by atoms with Gasteiger partial charge in [-0.05, 0) is 31.8 Å². The van der Waals surface area contributed by atoms with Crippen molar-refractivity contribution < 1.29 is 8.42 Å². The van der Waals surface area contributed by atoms with Crippen molar-refractivity contribution in [1.29, 1.82) is 5.26 Å². The van der Waals surface area contributed by atoms with E-state index in [9.17, 15) is 8.42 Å². The van der Waals surface area contributed by atoms with Crippen molar-refractivity contribution in [3.8, 4) is 6.07 Å². The summed E-state index contributed by atoms with van der Waals surface area (Å²) < 4.78 is 23.2. The Morgan fingerprint density at radius 1 is 1.19 bits per heavy atom. The monoisotopic (exact) mass is 309 g/mol. The average Bonchev–Trinajstić information content (AvgIpc) is 2.51. The zero-order valence-electron chi connectivity index (χ0n) is 12.8. The molecule has 0 unspecified atom stereocenters. The number of nitriles is 1. The van der Waals surface area contributed by atoms with Crippen LogP contribution in [0.15, 0.2) is 46.3 Å². The molecule has 116 valence electrons. The van der Waals surface area contributed by atoms with Gasteiger partial charge in [-0.15, -0.1) is 0 Å². The van der Waals surface area contributed by atoms with Crippen molar-refractivity contribution in [2.24, 2.45) is 5.73 Å². The Morgan fingerprint density at radius 2 is 1.67 bits per heavy atom. The summed E-state index contributed by atoms with van der Waals surface area (Å²) >= 11 is 0. The van der Waals surface area contributed by atoms with Crippen LogP contribution in [0.5, 0.6) is 0 Å². The van der Waals surface area contributed by atoms with E-state index in [0.29, 0.717) is 0 Å². The first-order chi connectivity index (χ1) is 9.97. The summed E-state index contributed by atoms with van der Waals surface area (Å²) in [6.07, 6.45) is 0.794. The zero-order chi connectivity index (χ0) is 16.3. The predicted molar refractivity (Wildman–Crippen MR) is 85.0 cm³/mol. The van der Waals surface area contributed by atoms with E-state index in [1.54, 1.807) is 18.2 Å². The highest BCUT2D eigenvalue weighted by molar-refractivity contribution is 7.95. The molecule has 0 saturated heterocycles. The molecule has 0 aliphatic heterocycles. The lowest BCUT2D eigenvalue weighted by Crippen LogP contribution is -2.21. The Hall–Kier alpha value is -1.84. The van der Waals surface area contributed by atoms with E-state index in [-0.39, 0.29) is 4.90 Å². The van der Waals surface area contributed by atoms with Crippen LogP contribution in [0.4, 0.5) is 0 Å². The number of nitrogens with zero attached hydrogens (tertiary/aromatic N) is 2. The Labute approximate surface area is 127 Å². The molecule has 0 aromatic heterocycles. The quantitative estimate of drug-likeness (QED) is 0.842. The van der Waals surface area contributed by atoms with E-state index in [0.717, 1.165) is 6.20 Å². The lowest BCUT2D eigenvalue weighted by atomic mass is 10.4. The van der Waals surface area contributed by atoms with E-state index in [2.05, 4.69) is 25.7 Å². The van der Waals surface area contributed by atoms with E-state index in [1.807, 2.05) is 0 Å². The molecular formula is C15H23N3O2S. The molecular weight excluding hydrogens is 286 g/mol. The maximum absolute atomic E-state index is 11.6. The van der Waals surface area contributed by atoms with Crippen molar-refractivity contribution >= 4 is 9.84 Å². The van der Waals surface area contributed by atoms with Gasteiger partial charge in [0.2, 0.25) is 9.84 Å². The highest BCUT2D eigenvalue weighted by Crippen LogP contribution is 2.16. The smallest absolute Gasteiger partial charge is 0.218 e. The summed E-state index contributed by atoms with van der Waals surface area (Å²) in [4.78, 5) is 2.00. The van der Waals surface area contributed by atoms with Crippen molar-refractivity contribution in [3.05, 3.63) is 41.4 Å². The van der Waals surface area contributed by atoms with E-state index in [1.165, 1.54) is 37.8 Å². The van der Waals surface area contributed by atoms with Crippen LogP contribution >= 0.6 is 0 Å². The second-order valence-electron chi connectivity index (χ2n) is 4.08. The zero-order valence-corrected chi connectivity index (χ0v) is 13.6. The van der Waals surface area contributed by atoms with Crippen LogP contribution in [0.3, 0.4) is 0 Å². The molecule has 0 heterocycles. The van der Waals surface area contributed by atoms with Crippen molar-refractivity contribution in [1.82, 2.24) is 4.90 Å². The molecule has 0 saturated carbocycles. The molecule has 0 radical (unpaired) electrons. The Kier molecular flexibility index (Phi) is 9.10.